The van der Waals surface area contributed by atoms with E-state index in [4.69, 9.17) is 9.47 Å². The number of aromatic nitrogens is 2. The predicted molar refractivity (Wildman–Crippen MR) is 88.5 cm³/mol. The molecule has 0 aliphatic carbocycles. The van der Waals surface area contributed by atoms with Crippen LogP contribution < -0.4 is 14.8 Å². The normalized spacial score (nSPS) is 21.6. The van der Waals surface area contributed by atoms with Crippen LogP contribution >= 0.6 is 0 Å². The number of ether oxygens (including phenoxy) is 2. The largest absolute Gasteiger partial charge is 0.486 e. The molecule has 1 aromatic carbocycles. The van der Waals surface area contributed by atoms with Crippen molar-refractivity contribution in [3.05, 3.63) is 41.5 Å². The number of para-hydroxylation sites is 2. The molecule has 6 nitrogen and oxygen atoms in total. The molecule has 2 N–H and O–H groups in total. The quantitative estimate of drug-likeness (QED) is 0.886. The highest BCUT2D eigenvalue weighted by atomic mass is 16.6. The highest BCUT2D eigenvalue weighted by Gasteiger charge is 2.30. The molecule has 0 saturated carbocycles. The molecule has 0 saturated heterocycles. The number of aromatic amines is 1. The fourth-order valence-electron chi connectivity index (χ4n) is 3.20. The summed E-state index contributed by atoms with van der Waals surface area (Å²) in [6, 6.07) is 7.64. The third-order valence-corrected chi connectivity index (χ3v) is 4.41. The molecule has 3 heterocycles. The minimum absolute atomic E-state index is 0.00804. The summed E-state index contributed by atoms with van der Waals surface area (Å²) in [6.45, 7) is 5.40. The Kier molecular flexibility index (Phi) is 3.48. The lowest BCUT2D eigenvalue weighted by Crippen LogP contribution is -2.33. The van der Waals surface area contributed by atoms with Gasteiger partial charge in [0, 0.05) is 18.7 Å². The van der Waals surface area contributed by atoms with Gasteiger partial charge in [0.25, 0.3) is 5.91 Å². The number of imidazole rings is 1. The van der Waals surface area contributed by atoms with Crippen LogP contribution in [0.3, 0.4) is 0 Å². The van der Waals surface area contributed by atoms with Gasteiger partial charge >= 0.3 is 0 Å². The summed E-state index contributed by atoms with van der Waals surface area (Å²) in [4.78, 5) is 20.0. The van der Waals surface area contributed by atoms with Gasteiger partial charge in [0.2, 0.25) is 0 Å². The van der Waals surface area contributed by atoms with Crippen molar-refractivity contribution in [1.29, 1.82) is 0 Å². The number of hydrogen-bond donors (Lipinski definition) is 2. The van der Waals surface area contributed by atoms with E-state index < -0.39 is 0 Å². The van der Waals surface area contributed by atoms with Crippen LogP contribution in [0.4, 0.5) is 0 Å². The summed E-state index contributed by atoms with van der Waals surface area (Å²) in [7, 11) is 0. The van der Waals surface area contributed by atoms with Crippen LogP contribution in [0.25, 0.3) is 0 Å². The number of H-pyrrole nitrogens is 1. The van der Waals surface area contributed by atoms with E-state index >= 15 is 0 Å². The molecule has 2 aromatic rings. The Morgan fingerprint density at radius 2 is 2.08 bits per heavy atom. The number of carbonyl (C=O) groups excluding carboxylic acids is 1. The van der Waals surface area contributed by atoms with E-state index in [0.29, 0.717) is 25.3 Å². The maximum atomic E-state index is 12.2. The van der Waals surface area contributed by atoms with Gasteiger partial charge in [0.05, 0.1) is 0 Å². The minimum atomic E-state index is -0.120. The van der Waals surface area contributed by atoms with Crippen LogP contribution in [0.5, 0.6) is 11.5 Å². The van der Waals surface area contributed by atoms with Gasteiger partial charge in [-0.3, -0.25) is 4.79 Å². The number of rotatable bonds is 2. The molecular formula is C18H21N3O3. The first-order valence-corrected chi connectivity index (χ1v) is 8.25. The van der Waals surface area contributed by atoms with Crippen molar-refractivity contribution in [3.8, 4) is 11.5 Å². The molecule has 4 rings (SSSR count). The smallest absolute Gasteiger partial charge is 0.271 e. The Bertz CT molecular complexity index is 782. The SMILES string of the molecule is CC1(C)CNC(=O)c2nc(CC3COc4ccccc4O3)[nH]c2C1. The van der Waals surface area contributed by atoms with Crippen LogP contribution in [0.1, 0.15) is 35.9 Å². The van der Waals surface area contributed by atoms with Crippen molar-refractivity contribution in [2.75, 3.05) is 13.2 Å². The zero-order valence-corrected chi connectivity index (χ0v) is 13.9. The lowest BCUT2D eigenvalue weighted by molar-refractivity contribution is 0.0895. The fourth-order valence-corrected chi connectivity index (χ4v) is 3.20. The fraction of sp³-hybridized carbons (Fsp3) is 0.444. The lowest BCUT2D eigenvalue weighted by Gasteiger charge is -2.26. The maximum absolute atomic E-state index is 12.2. The zero-order valence-electron chi connectivity index (χ0n) is 13.9. The van der Waals surface area contributed by atoms with Crippen molar-refractivity contribution in [2.24, 2.45) is 5.41 Å². The van der Waals surface area contributed by atoms with E-state index in [-0.39, 0.29) is 17.4 Å². The summed E-state index contributed by atoms with van der Waals surface area (Å²) < 4.78 is 11.7. The Balaban J connectivity index is 1.53. The monoisotopic (exact) mass is 327 g/mol. The van der Waals surface area contributed by atoms with E-state index in [2.05, 4.69) is 29.1 Å². The zero-order chi connectivity index (χ0) is 16.7. The first kappa shape index (κ1) is 15.1. The number of fused-ring (bicyclic) bond motifs is 2. The first-order chi connectivity index (χ1) is 11.5. The van der Waals surface area contributed by atoms with Gasteiger partial charge in [-0.05, 0) is 24.0 Å². The molecule has 1 atom stereocenters. The number of amides is 1. The molecule has 24 heavy (non-hydrogen) atoms. The van der Waals surface area contributed by atoms with Crippen molar-refractivity contribution in [3.63, 3.8) is 0 Å². The summed E-state index contributed by atoms with van der Waals surface area (Å²) in [5.41, 5.74) is 1.42. The maximum Gasteiger partial charge on any atom is 0.271 e. The highest BCUT2D eigenvalue weighted by molar-refractivity contribution is 5.93. The molecule has 126 valence electrons. The van der Waals surface area contributed by atoms with Crippen LogP contribution in [-0.2, 0) is 12.8 Å². The van der Waals surface area contributed by atoms with Crippen molar-refractivity contribution >= 4 is 5.91 Å². The van der Waals surface area contributed by atoms with Crippen molar-refractivity contribution in [2.45, 2.75) is 32.8 Å². The molecule has 0 radical (unpaired) electrons. The van der Waals surface area contributed by atoms with Gasteiger partial charge in [-0.15, -0.1) is 0 Å². The Hall–Kier alpha value is -2.50. The average Bonchev–Trinajstić information content (AvgIpc) is 2.89. The van der Waals surface area contributed by atoms with Gasteiger partial charge < -0.3 is 19.8 Å². The molecule has 2 aliphatic rings. The van der Waals surface area contributed by atoms with Crippen molar-refractivity contribution in [1.82, 2.24) is 15.3 Å². The van der Waals surface area contributed by atoms with E-state index in [0.717, 1.165) is 29.4 Å². The van der Waals surface area contributed by atoms with E-state index in [1.54, 1.807) is 0 Å². The molecular weight excluding hydrogens is 306 g/mol. The van der Waals surface area contributed by atoms with Crippen LogP contribution in [0.15, 0.2) is 24.3 Å². The second-order valence-corrected chi connectivity index (χ2v) is 7.24. The first-order valence-electron chi connectivity index (χ1n) is 8.25. The molecule has 6 heteroatoms. The van der Waals surface area contributed by atoms with Gasteiger partial charge in [-0.2, -0.15) is 0 Å². The van der Waals surface area contributed by atoms with Gasteiger partial charge in [-0.1, -0.05) is 26.0 Å². The third kappa shape index (κ3) is 2.84. The van der Waals surface area contributed by atoms with E-state index in [1.165, 1.54) is 0 Å². The van der Waals surface area contributed by atoms with Gasteiger partial charge in [0.15, 0.2) is 11.5 Å². The van der Waals surface area contributed by atoms with Gasteiger partial charge in [-0.25, -0.2) is 4.98 Å². The standard InChI is InChI=1S/C18H21N3O3/c1-18(2)8-12-16(17(22)19-10-18)21-15(20-12)7-11-9-23-13-5-3-4-6-14(13)24-11/h3-6,11H,7-10H2,1-2H3,(H,19,22)(H,20,21). The minimum Gasteiger partial charge on any atom is -0.486 e. The van der Waals surface area contributed by atoms with Crippen LogP contribution in [0.2, 0.25) is 0 Å². The number of nitrogens with zero attached hydrogens (tertiary/aromatic N) is 1. The van der Waals surface area contributed by atoms with Crippen molar-refractivity contribution < 1.29 is 14.3 Å². The van der Waals surface area contributed by atoms with Crippen LogP contribution in [0, 0.1) is 5.41 Å². The van der Waals surface area contributed by atoms with Crippen LogP contribution in [-0.4, -0.2) is 35.1 Å². The van der Waals surface area contributed by atoms with E-state index in [9.17, 15) is 4.79 Å². The number of benzene rings is 1. The average molecular weight is 327 g/mol. The highest BCUT2D eigenvalue weighted by Crippen LogP contribution is 2.32. The molecule has 1 amide bonds. The molecule has 0 bridgehead atoms. The van der Waals surface area contributed by atoms with Gasteiger partial charge in [0.1, 0.15) is 24.2 Å². The summed E-state index contributed by atoms with van der Waals surface area (Å²) >= 11 is 0. The number of nitrogens with one attached hydrogen (secondary N) is 2. The Morgan fingerprint density at radius 3 is 2.92 bits per heavy atom. The molecule has 0 spiro atoms. The van der Waals surface area contributed by atoms with E-state index in [1.807, 2.05) is 24.3 Å². The Labute approximate surface area is 140 Å². The summed E-state index contributed by atoms with van der Waals surface area (Å²) in [5, 5.41) is 2.94. The Morgan fingerprint density at radius 1 is 1.29 bits per heavy atom. The molecule has 0 fully saturated rings. The second-order valence-electron chi connectivity index (χ2n) is 7.24. The number of hydrogen-bond acceptors (Lipinski definition) is 4. The molecule has 1 aromatic heterocycles. The topological polar surface area (TPSA) is 76.2 Å². The molecule has 1 unspecified atom stereocenters. The lowest BCUT2D eigenvalue weighted by atomic mass is 9.88. The second kappa shape index (κ2) is 5.54. The third-order valence-electron chi connectivity index (χ3n) is 4.41. The predicted octanol–water partition coefficient (Wildman–Crippen LogP) is 2.10. The summed E-state index contributed by atoms with van der Waals surface area (Å²) in [6.07, 6.45) is 1.25. The summed E-state index contributed by atoms with van der Waals surface area (Å²) in [5.74, 6) is 2.18. The number of carbonyl (C=O) groups is 1. The molecule has 2 aliphatic heterocycles.